The van der Waals surface area contributed by atoms with E-state index in [-0.39, 0.29) is 11.9 Å². The van der Waals surface area contributed by atoms with Crippen LogP contribution in [-0.2, 0) is 6.42 Å². The van der Waals surface area contributed by atoms with Crippen LogP contribution in [-0.4, -0.2) is 7.11 Å². The van der Waals surface area contributed by atoms with Crippen molar-refractivity contribution in [2.75, 3.05) is 12.4 Å². The molecule has 19 heavy (non-hydrogen) atoms. The molecule has 0 fully saturated rings. The molecule has 0 aliphatic carbocycles. The van der Waals surface area contributed by atoms with Crippen molar-refractivity contribution in [3.05, 3.63) is 58.9 Å². The summed E-state index contributed by atoms with van der Waals surface area (Å²) in [7, 11) is 1.68. The lowest BCUT2D eigenvalue weighted by molar-refractivity contribution is 0.407. The zero-order valence-electron chi connectivity index (χ0n) is 11.0. The van der Waals surface area contributed by atoms with E-state index in [9.17, 15) is 4.39 Å². The molecule has 0 saturated heterocycles. The van der Waals surface area contributed by atoms with Crippen LogP contribution in [0.3, 0.4) is 0 Å². The molecule has 0 aromatic heterocycles. The molecule has 2 nitrogen and oxygen atoms in total. The van der Waals surface area contributed by atoms with E-state index in [1.807, 2.05) is 12.1 Å². The Morgan fingerprint density at radius 2 is 2.05 bits per heavy atom. The van der Waals surface area contributed by atoms with Crippen molar-refractivity contribution in [2.24, 2.45) is 0 Å². The predicted molar refractivity (Wildman–Crippen MR) is 74.2 cm³/mol. The van der Waals surface area contributed by atoms with Gasteiger partial charge in [-0.15, -0.1) is 0 Å². The van der Waals surface area contributed by atoms with Gasteiger partial charge in [-0.1, -0.05) is 17.7 Å². The van der Waals surface area contributed by atoms with Crippen molar-refractivity contribution in [2.45, 2.75) is 19.4 Å². The van der Waals surface area contributed by atoms with Crippen molar-refractivity contribution in [3.8, 4) is 5.75 Å². The molecule has 0 amide bonds. The van der Waals surface area contributed by atoms with E-state index in [0.717, 1.165) is 29.0 Å². The molecule has 2 aromatic carbocycles. The van der Waals surface area contributed by atoms with Crippen molar-refractivity contribution in [3.63, 3.8) is 0 Å². The number of hydrogen-bond donors (Lipinski definition) is 1. The Labute approximate surface area is 112 Å². The minimum atomic E-state index is -0.183. The Bertz CT molecular complexity index is 624. The monoisotopic (exact) mass is 257 g/mol. The molecule has 1 aliphatic rings. The summed E-state index contributed by atoms with van der Waals surface area (Å²) < 4.78 is 18.7. The lowest BCUT2D eigenvalue weighted by atomic mass is 10.00. The molecular weight excluding hydrogens is 241 g/mol. The molecule has 3 heteroatoms. The summed E-state index contributed by atoms with van der Waals surface area (Å²) in [6.45, 7) is 2.06. The lowest BCUT2D eigenvalue weighted by Gasteiger charge is -2.16. The summed E-state index contributed by atoms with van der Waals surface area (Å²) in [4.78, 5) is 0. The fraction of sp³-hybridized carbons (Fsp3) is 0.250. The number of fused-ring (bicyclic) bond motifs is 1. The Morgan fingerprint density at radius 3 is 2.84 bits per heavy atom. The predicted octanol–water partition coefficient (Wildman–Crippen LogP) is 3.85. The number of anilines is 1. The molecule has 0 spiro atoms. The second-order valence-electron chi connectivity index (χ2n) is 4.95. The second kappa shape index (κ2) is 4.57. The minimum Gasteiger partial charge on any atom is -0.496 e. The summed E-state index contributed by atoms with van der Waals surface area (Å²) in [5.74, 6) is 0.689. The van der Waals surface area contributed by atoms with Crippen LogP contribution < -0.4 is 10.1 Å². The normalized spacial score (nSPS) is 16.9. The van der Waals surface area contributed by atoms with Gasteiger partial charge >= 0.3 is 0 Å². The van der Waals surface area contributed by atoms with E-state index in [0.29, 0.717) is 0 Å². The molecule has 3 rings (SSSR count). The molecule has 98 valence electrons. The molecule has 0 saturated carbocycles. The van der Waals surface area contributed by atoms with Gasteiger partial charge in [0.05, 0.1) is 13.2 Å². The van der Waals surface area contributed by atoms with Crippen molar-refractivity contribution in [1.82, 2.24) is 0 Å². The van der Waals surface area contributed by atoms with Crippen LogP contribution in [0, 0.1) is 12.7 Å². The zero-order chi connectivity index (χ0) is 13.4. The maximum Gasteiger partial charge on any atom is 0.124 e. The van der Waals surface area contributed by atoms with Gasteiger partial charge in [0.15, 0.2) is 0 Å². The molecule has 1 atom stereocenters. The van der Waals surface area contributed by atoms with Gasteiger partial charge in [-0.05, 0) is 43.2 Å². The maximum atomic E-state index is 13.2. The highest BCUT2D eigenvalue weighted by Crippen LogP contribution is 2.38. The largest absolute Gasteiger partial charge is 0.496 e. The summed E-state index contributed by atoms with van der Waals surface area (Å²) >= 11 is 0. The first-order chi connectivity index (χ1) is 9.17. The van der Waals surface area contributed by atoms with E-state index >= 15 is 0 Å². The standard InChI is InChI=1S/C16H16FNO/c1-10-3-6-16(19-2)13(7-10)15-9-11-8-12(17)4-5-14(11)18-15/h3-8,15,18H,9H2,1-2H3. The zero-order valence-corrected chi connectivity index (χ0v) is 11.0. The first-order valence-electron chi connectivity index (χ1n) is 6.37. The van der Waals surface area contributed by atoms with Crippen LogP contribution in [0.15, 0.2) is 36.4 Å². The van der Waals surface area contributed by atoms with Gasteiger partial charge in [0, 0.05) is 11.3 Å². The quantitative estimate of drug-likeness (QED) is 0.882. The fourth-order valence-corrected chi connectivity index (χ4v) is 2.64. The lowest BCUT2D eigenvalue weighted by Crippen LogP contribution is -2.07. The summed E-state index contributed by atoms with van der Waals surface area (Å²) in [5, 5.41) is 3.43. The number of nitrogens with one attached hydrogen (secondary N) is 1. The fourth-order valence-electron chi connectivity index (χ4n) is 2.64. The Kier molecular flexibility index (Phi) is 2.90. The third kappa shape index (κ3) is 2.16. The van der Waals surface area contributed by atoms with Gasteiger partial charge in [-0.25, -0.2) is 4.39 Å². The smallest absolute Gasteiger partial charge is 0.124 e. The molecular formula is C16H16FNO. The first-order valence-corrected chi connectivity index (χ1v) is 6.37. The molecule has 0 radical (unpaired) electrons. The van der Waals surface area contributed by atoms with Crippen molar-refractivity contribution >= 4 is 5.69 Å². The summed E-state index contributed by atoms with van der Waals surface area (Å²) in [6.07, 6.45) is 0.785. The highest BCUT2D eigenvalue weighted by molar-refractivity contribution is 5.59. The van der Waals surface area contributed by atoms with E-state index in [4.69, 9.17) is 4.74 Å². The van der Waals surface area contributed by atoms with Crippen molar-refractivity contribution in [1.29, 1.82) is 0 Å². The van der Waals surface area contributed by atoms with Gasteiger partial charge in [0.2, 0.25) is 0 Å². The number of halogens is 1. The van der Waals surface area contributed by atoms with E-state index in [1.165, 1.54) is 11.6 Å². The minimum absolute atomic E-state index is 0.145. The SMILES string of the molecule is COc1ccc(C)cc1C1Cc2cc(F)ccc2N1. The van der Waals surface area contributed by atoms with Crippen molar-refractivity contribution < 1.29 is 9.13 Å². The average Bonchev–Trinajstić information content (AvgIpc) is 2.81. The van der Waals surface area contributed by atoms with Crippen LogP contribution in [0.4, 0.5) is 10.1 Å². The Hall–Kier alpha value is -2.03. The topological polar surface area (TPSA) is 21.3 Å². The average molecular weight is 257 g/mol. The number of aryl methyl sites for hydroxylation is 1. The number of hydrogen-bond acceptors (Lipinski definition) is 2. The van der Waals surface area contributed by atoms with Gasteiger partial charge < -0.3 is 10.1 Å². The van der Waals surface area contributed by atoms with E-state index in [2.05, 4.69) is 18.3 Å². The maximum absolute atomic E-state index is 13.2. The molecule has 1 unspecified atom stereocenters. The molecule has 2 aromatic rings. The first kappa shape index (κ1) is 12.0. The third-order valence-corrected chi connectivity index (χ3v) is 3.58. The van der Waals surface area contributed by atoms with E-state index < -0.39 is 0 Å². The number of ether oxygens (including phenoxy) is 1. The number of rotatable bonds is 2. The van der Waals surface area contributed by atoms with Gasteiger partial charge in [-0.3, -0.25) is 0 Å². The highest BCUT2D eigenvalue weighted by Gasteiger charge is 2.24. The van der Waals surface area contributed by atoms with Crippen LogP contribution in [0.2, 0.25) is 0 Å². The van der Waals surface area contributed by atoms with Crippen LogP contribution in [0.5, 0.6) is 5.75 Å². The van der Waals surface area contributed by atoms with E-state index in [1.54, 1.807) is 19.2 Å². The van der Waals surface area contributed by atoms with Crippen LogP contribution in [0.1, 0.15) is 22.7 Å². The Balaban J connectivity index is 1.96. The second-order valence-corrected chi connectivity index (χ2v) is 4.95. The number of methoxy groups -OCH3 is 1. The summed E-state index contributed by atoms with van der Waals surface area (Å²) in [5.41, 5.74) is 4.35. The van der Waals surface area contributed by atoms with Gasteiger partial charge in [0.1, 0.15) is 11.6 Å². The van der Waals surface area contributed by atoms with Gasteiger partial charge in [0.25, 0.3) is 0 Å². The highest BCUT2D eigenvalue weighted by atomic mass is 19.1. The van der Waals surface area contributed by atoms with Crippen LogP contribution >= 0.6 is 0 Å². The molecule has 0 bridgehead atoms. The molecule has 1 heterocycles. The molecule has 1 aliphatic heterocycles. The number of benzene rings is 2. The van der Waals surface area contributed by atoms with Crippen LogP contribution in [0.25, 0.3) is 0 Å². The molecule has 1 N–H and O–H groups in total. The Morgan fingerprint density at radius 1 is 1.21 bits per heavy atom. The summed E-state index contributed by atoms with van der Waals surface area (Å²) in [6, 6.07) is 11.2. The van der Waals surface area contributed by atoms with Gasteiger partial charge in [-0.2, -0.15) is 0 Å². The third-order valence-electron chi connectivity index (χ3n) is 3.58.